The normalized spacial score (nSPS) is 17.9. The molecule has 3 aromatic rings. The Bertz CT molecular complexity index is 1170. The predicted octanol–water partition coefficient (Wildman–Crippen LogP) is 3.75. The van der Waals surface area contributed by atoms with Gasteiger partial charge in [-0.2, -0.15) is 4.31 Å². The molecule has 0 saturated carbocycles. The van der Waals surface area contributed by atoms with Crippen LogP contribution in [0.4, 0.5) is 18.3 Å². The molecular formula is C19H16F3N3O3S2. The number of fused-ring (bicyclic) bond motifs is 1. The second-order valence-corrected chi connectivity index (χ2v) is 9.87. The van der Waals surface area contributed by atoms with Crippen LogP contribution in [-0.2, 0) is 14.8 Å². The molecule has 4 rings (SSSR count). The first-order chi connectivity index (χ1) is 14.2. The number of thiazole rings is 1. The minimum absolute atomic E-state index is 0.0281. The fourth-order valence-corrected chi connectivity index (χ4v) is 5.71. The minimum atomic E-state index is -3.86. The zero-order chi connectivity index (χ0) is 21.5. The van der Waals surface area contributed by atoms with Crippen molar-refractivity contribution >= 4 is 42.6 Å². The average Bonchev–Trinajstić information content (AvgIpc) is 3.09. The van der Waals surface area contributed by atoms with Gasteiger partial charge in [-0.1, -0.05) is 11.3 Å². The lowest BCUT2D eigenvalue weighted by Gasteiger charge is -2.31. The molecular weight excluding hydrogens is 439 g/mol. The number of anilines is 1. The van der Waals surface area contributed by atoms with E-state index >= 15 is 0 Å². The van der Waals surface area contributed by atoms with Gasteiger partial charge in [-0.25, -0.2) is 26.6 Å². The SMILES string of the molecule is O=C(Nc1nc2cc(F)c(F)cc2s1)C1CCCN(S(=O)(=O)c2ccc(F)cc2)C1. The molecule has 1 aliphatic heterocycles. The van der Waals surface area contributed by atoms with Crippen LogP contribution in [0.2, 0.25) is 0 Å². The summed E-state index contributed by atoms with van der Waals surface area (Å²) in [6, 6.07) is 6.48. The van der Waals surface area contributed by atoms with Crippen molar-refractivity contribution in [2.75, 3.05) is 18.4 Å². The van der Waals surface area contributed by atoms with Crippen molar-refractivity contribution in [2.45, 2.75) is 17.7 Å². The van der Waals surface area contributed by atoms with E-state index in [2.05, 4.69) is 10.3 Å². The molecule has 2 aromatic carbocycles. The van der Waals surface area contributed by atoms with Gasteiger partial charge in [-0.05, 0) is 43.2 Å². The second-order valence-electron chi connectivity index (χ2n) is 6.90. The largest absolute Gasteiger partial charge is 0.302 e. The number of nitrogens with zero attached hydrogens (tertiary/aromatic N) is 2. The molecule has 11 heteroatoms. The predicted molar refractivity (Wildman–Crippen MR) is 106 cm³/mol. The Balaban J connectivity index is 1.49. The summed E-state index contributed by atoms with van der Waals surface area (Å²) in [4.78, 5) is 16.7. The number of carbonyl (C=O) groups is 1. The van der Waals surface area contributed by atoms with Crippen LogP contribution in [0.1, 0.15) is 12.8 Å². The van der Waals surface area contributed by atoms with Crippen molar-refractivity contribution < 1.29 is 26.4 Å². The van der Waals surface area contributed by atoms with Gasteiger partial charge in [0.1, 0.15) is 5.82 Å². The summed E-state index contributed by atoms with van der Waals surface area (Å²) < 4.78 is 67.0. The first-order valence-electron chi connectivity index (χ1n) is 9.06. The number of amides is 1. The first-order valence-corrected chi connectivity index (χ1v) is 11.3. The van der Waals surface area contributed by atoms with E-state index < -0.39 is 39.3 Å². The third-order valence-corrected chi connectivity index (χ3v) is 7.68. The molecule has 2 heterocycles. The van der Waals surface area contributed by atoms with Crippen LogP contribution in [0.15, 0.2) is 41.3 Å². The minimum Gasteiger partial charge on any atom is -0.302 e. The Morgan fingerprint density at radius 3 is 2.57 bits per heavy atom. The van der Waals surface area contributed by atoms with Crippen LogP contribution in [0, 0.1) is 23.4 Å². The summed E-state index contributed by atoms with van der Waals surface area (Å²) in [6.45, 7) is 0.225. The van der Waals surface area contributed by atoms with Crippen molar-refractivity contribution in [2.24, 2.45) is 5.92 Å². The highest BCUT2D eigenvalue weighted by Crippen LogP contribution is 2.29. The quantitative estimate of drug-likeness (QED) is 0.650. The van der Waals surface area contributed by atoms with E-state index in [-0.39, 0.29) is 28.6 Å². The van der Waals surface area contributed by atoms with Crippen LogP contribution in [0.25, 0.3) is 10.2 Å². The van der Waals surface area contributed by atoms with E-state index in [4.69, 9.17) is 0 Å². The van der Waals surface area contributed by atoms with Gasteiger partial charge in [-0.3, -0.25) is 4.79 Å². The zero-order valence-corrected chi connectivity index (χ0v) is 17.1. The smallest absolute Gasteiger partial charge is 0.243 e. The molecule has 1 unspecified atom stereocenters. The van der Waals surface area contributed by atoms with Crippen molar-refractivity contribution in [3.63, 3.8) is 0 Å². The molecule has 0 bridgehead atoms. The van der Waals surface area contributed by atoms with Gasteiger partial charge in [-0.15, -0.1) is 0 Å². The third kappa shape index (κ3) is 4.05. The van der Waals surface area contributed by atoms with E-state index in [9.17, 15) is 26.4 Å². The summed E-state index contributed by atoms with van der Waals surface area (Å²) in [6.07, 6.45) is 0.963. The number of nitrogens with one attached hydrogen (secondary N) is 1. The molecule has 0 aliphatic carbocycles. The number of hydrogen-bond acceptors (Lipinski definition) is 5. The molecule has 6 nitrogen and oxygen atoms in total. The van der Waals surface area contributed by atoms with Crippen molar-refractivity contribution in [1.29, 1.82) is 0 Å². The first kappa shape index (κ1) is 20.8. The van der Waals surface area contributed by atoms with Gasteiger partial charge in [0.05, 0.1) is 21.0 Å². The van der Waals surface area contributed by atoms with Crippen LogP contribution in [0.3, 0.4) is 0 Å². The Hall–Kier alpha value is -2.50. The Morgan fingerprint density at radius 2 is 1.83 bits per heavy atom. The van der Waals surface area contributed by atoms with Gasteiger partial charge < -0.3 is 5.32 Å². The molecule has 1 saturated heterocycles. The standard InChI is InChI=1S/C19H16F3N3O3S2/c20-12-3-5-13(6-4-12)30(27,28)25-7-1-2-11(10-25)18(26)24-19-23-16-8-14(21)15(22)9-17(16)29-19/h3-6,8-9,11H,1-2,7,10H2,(H,23,24,26). The number of halogens is 3. The lowest BCUT2D eigenvalue weighted by atomic mass is 9.99. The fraction of sp³-hybridized carbons (Fsp3) is 0.263. The molecule has 0 radical (unpaired) electrons. The summed E-state index contributed by atoms with van der Waals surface area (Å²) in [5.74, 6) is -3.61. The molecule has 1 fully saturated rings. The number of rotatable bonds is 4. The molecule has 1 aliphatic rings. The van der Waals surface area contributed by atoms with Gasteiger partial charge in [0, 0.05) is 19.2 Å². The zero-order valence-electron chi connectivity index (χ0n) is 15.4. The lowest BCUT2D eigenvalue weighted by molar-refractivity contribution is -0.120. The van der Waals surface area contributed by atoms with E-state index in [1.807, 2.05) is 0 Å². The molecule has 1 amide bonds. The maximum Gasteiger partial charge on any atom is 0.243 e. The number of piperidine rings is 1. The van der Waals surface area contributed by atoms with Crippen molar-refractivity contribution in [1.82, 2.24) is 9.29 Å². The molecule has 0 spiro atoms. The number of aromatic nitrogens is 1. The highest BCUT2D eigenvalue weighted by atomic mass is 32.2. The molecule has 30 heavy (non-hydrogen) atoms. The fourth-order valence-electron chi connectivity index (χ4n) is 3.31. The molecule has 1 atom stereocenters. The van der Waals surface area contributed by atoms with Crippen LogP contribution >= 0.6 is 11.3 Å². The molecule has 1 aromatic heterocycles. The van der Waals surface area contributed by atoms with Gasteiger partial charge in [0.2, 0.25) is 15.9 Å². The van der Waals surface area contributed by atoms with Gasteiger partial charge >= 0.3 is 0 Å². The topological polar surface area (TPSA) is 79.4 Å². The van der Waals surface area contributed by atoms with Crippen molar-refractivity contribution in [3.8, 4) is 0 Å². The maximum atomic E-state index is 13.4. The van der Waals surface area contributed by atoms with Crippen LogP contribution in [0.5, 0.6) is 0 Å². The summed E-state index contributed by atoms with van der Waals surface area (Å²) >= 11 is 1.000. The molecule has 158 valence electrons. The number of carbonyl (C=O) groups excluding carboxylic acids is 1. The van der Waals surface area contributed by atoms with Crippen LogP contribution < -0.4 is 5.32 Å². The summed E-state index contributed by atoms with van der Waals surface area (Å²) in [5, 5.41) is 2.79. The molecule has 1 N–H and O–H groups in total. The van der Waals surface area contributed by atoms with E-state index in [1.54, 1.807) is 0 Å². The number of hydrogen-bond donors (Lipinski definition) is 1. The summed E-state index contributed by atoms with van der Waals surface area (Å²) in [5.41, 5.74) is 0.221. The van der Waals surface area contributed by atoms with E-state index in [0.717, 1.165) is 35.6 Å². The average molecular weight is 455 g/mol. The highest BCUT2D eigenvalue weighted by molar-refractivity contribution is 7.89. The van der Waals surface area contributed by atoms with Crippen molar-refractivity contribution in [3.05, 3.63) is 53.8 Å². The van der Waals surface area contributed by atoms with Gasteiger partial charge in [0.15, 0.2) is 16.8 Å². The van der Waals surface area contributed by atoms with Crippen LogP contribution in [-0.4, -0.2) is 36.7 Å². The van der Waals surface area contributed by atoms with Gasteiger partial charge in [0.25, 0.3) is 0 Å². The van der Waals surface area contributed by atoms with E-state index in [0.29, 0.717) is 17.5 Å². The monoisotopic (exact) mass is 455 g/mol. The second kappa shape index (κ2) is 7.97. The Kier molecular flexibility index (Phi) is 5.51. The Labute approximate surface area is 174 Å². The highest BCUT2D eigenvalue weighted by Gasteiger charge is 2.33. The number of benzene rings is 2. The number of sulfonamides is 1. The third-order valence-electron chi connectivity index (χ3n) is 4.87. The Morgan fingerprint density at radius 1 is 1.13 bits per heavy atom. The summed E-state index contributed by atoms with van der Waals surface area (Å²) in [7, 11) is -3.86. The maximum absolute atomic E-state index is 13.4. The lowest BCUT2D eigenvalue weighted by Crippen LogP contribution is -2.43. The van der Waals surface area contributed by atoms with E-state index in [1.165, 1.54) is 16.4 Å².